The highest BCUT2D eigenvalue weighted by molar-refractivity contribution is 5.87. The number of fused-ring (bicyclic) bond motifs is 3. The van der Waals surface area contributed by atoms with Gasteiger partial charge in [0, 0.05) is 56.6 Å². The van der Waals surface area contributed by atoms with E-state index >= 15 is 0 Å². The number of aromatic nitrogens is 1. The van der Waals surface area contributed by atoms with Crippen LogP contribution in [0.3, 0.4) is 0 Å². The van der Waals surface area contributed by atoms with Crippen LogP contribution in [0.15, 0.2) is 18.2 Å². The van der Waals surface area contributed by atoms with Crippen molar-refractivity contribution in [2.45, 2.75) is 39.4 Å². The number of amides is 1. The molecular weight excluding hydrogens is 324 g/mol. The van der Waals surface area contributed by atoms with Crippen LogP contribution in [0.4, 0.5) is 0 Å². The molecule has 5 nitrogen and oxygen atoms in total. The molecule has 3 heterocycles. The molecule has 0 spiro atoms. The Morgan fingerprint density at radius 3 is 2.73 bits per heavy atom. The highest BCUT2D eigenvalue weighted by Gasteiger charge is 2.34. The van der Waals surface area contributed by atoms with Gasteiger partial charge in [-0.05, 0) is 38.7 Å². The first-order valence-electron chi connectivity index (χ1n) is 9.78. The van der Waals surface area contributed by atoms with Crippen molar-refractivity contribution in [1.82, 2.24) is 19.3 Å². The van der Waals surface area contributed by atoms with Gasteiger partial charge in [-0.1, -0.05) is 18.6 Å². The fourth-order valence-electron chi connectivity index (χ4n) is 4.59. The van der Waals surface area contributed by atoms with E-state index < -0.39 is 0 Å². The van der Waals surface area contributed by atoms with Gasteiger partial charge in [-0.25, -0.2) is 0 Å². The molecule has 1 atom stereocenters. The molecule has 1 fully saturated rings. The number of piperazine rings is 1. The van der Waals surface area contributed by atoms with Crippen molar-refractivity contribution in [1.29, 1.82) is 0 Å². The van der Waals surface area contributed by atoms with Gasteiger partial charge < -0.3 is 19.3 Å². The van der Waals surface area contributed by atoms with Crippen molar-refractivity contribution in [3.8, 4) is 0 Å². The zero-order chi connectivity index (χ0) is 18.4. The largest absolute Gasteiger partial charge is 0.322 e. The lowest BCUT2D eigenvalue weighted by Crippen LogP contribution is -2.51. The summed E-state index contributed by atoms with van der Waals surface area (Å²) in [6.45, 7) is 8.86. The molecule has 0 radical (unpaired) electrons. The van der Waals surface area contributed by atoms with Crippen molar-refractivity contribution in [2.24, 2.45) is 0 Å². The van der Waals surface area contributed by atoms with Gasteiger partial charge in [-0.15, -0.1) is 0 Å². The number of carbonyl (C=O) groups is 1. The van der Waals surface area contributed by atoms with Crippen molar-refractivity contribution in [3.05, 3.63) is 35.0 Å². The Balaban J connectivity index is 1.90. The van der Waals surface area contributed by atoms with Crippen LogP contribution >= 0.6 is 0 Å². The van der Waals surface area contributed by atoms with Gasteiger partial charge in [0.2, 0.25) is 5.91 Å². The SMILES string of the molecule is CCC(=O)N1CCN(C)CC1n1c2c(c3cc(C)ccc31)CN(C)CC2. The van der Waals surface area contributed by atoms with E-state index in [9.17, 15) is 4.79 Å². The van der Waals surface area contributed by atoms with Crippen molar-refractivity contribution >= 4 is 16.8 Å². The van der Waals surface area contributed by atoms with E-state index in [-0.39, 0.29) is 12.1 Å². The molecule has 1 saturated heterocycles. The van der Waals surface area contributed by atoms with Crippen LogP contribution in [0, 0.1) is 6.92 Å². The molecule has 1 aromatic heterocycles. The maximum absolute atomic E-state index is 12.7. The number of hydrogen-bond donors (Lipinski definition) is 0. The first kappa shape index (κ1) is 17.6. The molecule has 0 saturated carbocycles. The van der Waals surface area contributed by atoms with Crippen LogP contribution in [0.1, 0.15) is 36.3 Å². The molecule has 2 aliphatic heterocycles. The molecule has 1 amide bonds. The normalized spacial score (nSPS) is 22.0. The number of nitrogens with zero attached hydrogens (tertiary/aromatic N) is 4. The standard InChI is InChI=1S/C21H30N4O/c1-5-21(26)24-11-10-23(4)14-20(24)25-18-7-6-15(2)12-16(18)17-13-22(3)9-8-19(17)25/h6-7,12,20H,5,8-11,13-14H2,1-4H3. The third-order valence-electron chi connectivity index (χ3n) is 6.01. The van der Waals surface area contributed by atoms with E-state index in [1.165, 1.54) is 27.7 Å². The summed E-state index contributed by atoms with van der Waals surface area (Å²) in [4.78, 5) is 19.5. The molecule has 0 bridgehead atoms. The van der Waals surface area contributed by atoms with Gasteiger partial charge >= 0.3 is 0 Å². The van der Waals surface area contributed by atoms with E-state index in [0.717, 1.165) is 39.1 Å². The number of likely N-dealkylation sites (N-methyl/N-ethyl adjacent to an activating group) is 2. The van der Waals surface area contributed by atoms with Crippen LogP contribution in [-0.4, -0.2) is 65.4 Å². The quantitative estimate of drug-likeness (QED) is 0.831. The lowest BCUT2D eigenvalue weighted by molar-refractivity contribution is -0.138. The summed E-state index contributed by atoms with van der Waals surface area (Å²) < 4.78 is 2.49. The monoisotopic (exact) mass is 354 g/mol. The summed E-state index contributed by atoms with van der Waals surface area (Å²) in [7, 11) is 4.36. The summed E-state index contributed by atoms with van der Waals surface area (Å²) in [6.07, 6.45) is 1.72. The van der Waals surface area contributed by atoms with Gasteiger partial charge in [0.1, 0.15) is 6.17 Å². The van der Waals surface area contributed by atoms with Gasteiger partial charge in [-0.3, -0.25) is 4.79 Å². The fourth-order valence-corrected chi connectivity index (χ4v) is 4.59. The van der Waals surface area contributed by atoms with Crippen molar-refractivity contribution in [2.75, 3.05) is 40.3 Å². The van der Waals surface area contributed by atoms with Gasteiger partial charge in [0.25, 0.3) is 0 Å². The Labute approximate surface area is 156 Å². The predicted molar refractivity (Wildman–Crippen MR) is 105 cm³/mol. The molecule has 5 heteroatoms. The lowest BCUT2D eigenvalue weighted by atomic mass is 10.0. The minimum Gasteiger partial charge on any atom is -0.322 e. The Morgan fingerprint density at radius 2 is 1.96 bits per heavy atom. The third kappa shape index (κ3) is 2.83. The van der Waals surface area contributed by atoms with Gasteiger partial charge in [0.15, 0.2) is 0 Å². The average Bonchev–Trinajstić information content (AvgIpc) is 2.94. The molecule has 2 aromatic rings. The highest BCUT2D eigenvalue weighted by Crippen LogP contribution is 2.36. The van der Waals surface area contributed by atoms with E-state index in [1.807, 2.05) is 6.92 Å². The summed E-state index contributed by atoms with van der Waals surface area (Å²) >= 11 is 0. The van der Waals surface area contributed by atoms with E-state index in [0.29, 0.717) is 6.42 Å². The topological polar surface area (TPSA) is 31.7 Å². The average molecular weight is 354 g/mol. The number of rotatable bonds is 2. The summed E-state index contributed by atoms with van der Waals surface area (Å²) in [5.74, 6) is 0.263. The van der Waals surface area contributed by atoms with Gasteiger partial charge in [0.05, 0.1) is 5.52 Å². The van der Waals surface area contributed by atoms with Crippen LogP contribution in [-0.2, 0) is 17.8 Å². The molecule has 2 aliphatic rings. The zero-order valence-corrected chi connectivity index (χ0v) is 16.5. The summed E-state index contributed by atoms with van der Waals surface area (Å²) in [5, 5.41) is 1.36. The number of carbonyl (C=O) groups excluding carboxylic acids is 1. The second-order valence-corrected chi connectivity index (χ2v) is 7.99. The second-order valence-electron chi connectivity index (χ2n) is 7.99. The number of hydrogen-bond acceptors (Lipinski definition) is 3. The summed E-state index contributed by atoms with van der Waals surface area (Å²) in [6, 6.07) is 6.78. The van der Waals surface area contributed by atoms with Gasteiger partial charge in [-0.2, -0.15) is 0 Å². The van der Waals surface area contributed by atoms with E-state index in [4.69, 9.17) is 0 Å². The van der Waals surface area contributed by atoms with Crippen LogP contribution in [0.5, 0.6) is 0 Å². The minimum absolute atomic E-state index is 0.0959. The Hall–Kier alpha value is -1.85. The molecular formula is C21H30N4O. The molecule has 0 aliphatic carbocycles. The minimum atomic E-state index is 0.0959. The van der Waals surface area contributed by atoms with E-state index in [2.05, 4.69) is 58.5 Å². The first-order chi connectivity index (χ1) is 12.5. The Bertz CT molecular complexity index is 840. The van der Waals surface area contributed by atoms with E-state index in [1.54, 1.807) is 0 Å². The maximum atomic E-state index is 12.7. The molecule has 1 unspecified atom stereocenters. The Morgan fingerprint density at radius 1 is 1.15 bits per heavy atom. The van der Waals surface area contributed by atoms with Crippen LogP contribution in [0.25, 0.3) is 10.9 Å². The predicted octanol–water partition coefficient (Wildman–Crippen LogP) is 2.62. The number of aryl methyl sites for hydroxylation is 1. The lowest BCUT2D eigenvalue weighted by Gasteiger charge is -2.42. The molecule has 1 aromatic carbocycles. The first-order valence-corrected chi connectivity index (χ1v) is 9.78. The van der Waals surface area contributed by atoms with Crippen LogP contribution in [0.2, 0.25) is 0 Å². The fraction of sp³-hybridized carbons (Fsp3) is 0.571. The summed E-state index contributed by atoms with van der Waals surface area (Å²) in [5.41, 5.74) is 5.46. The second kappa shape index (κ2) is 6.71. The molecule has 140 valence electrons. The molecule has 4 rings (SSSR count). The zero-order valence-electron chi connectivity index (χ0n) is 16.5. The van der Waals surface area contributed by atoms with Crippen LogP contribution < -0.4 is 0 Å². The molecule has 0 N–H and O–H groups in total. The highest BCUT2D eigenvalue weighted by atomic mass is 16.2. The molecule has 26 heavy (non-hydrogen) atoms. The van der Waals surface area contributed by atoms with Crippen molar-refractivity contribution < 1.29 is 4.79 Å². The van der Waals surface area contributed by atoms with Crippen molar-refractivity contribution in [3.63, 3.8) is 0 Å². The third-order valence-corrected chi connectivity index (χ3v) is 6.01. The Kier molecular flexibility index (Phi) is 4.53. The maximum Gasteiger partial charge on any atom is 0.224 e. The smallest absolute Gasteiger partial charge is 0.224 e. The number of benzene rings is 1.